The molecule has 0 fully saturated rings. The standard InChI is InChI=1S/C25H25ClN4O3/c1-16-24(29-23(33-16)13-17-10-11-27-22(26)12-17)18-5-8-21(9-6-18)32-15-20-7-4-19(14-28-20)25(31)30(2)3/h4-12,14,22,27H,13,15H2,1-3H3. The van der Waals surface area contributed by atoms with Gasteiger partial charge in [0.25, 0.3) is 5.91 Å². The molecule has 1 aliphatic rings. The van der Waals surface area contributed by atoms with Crippen LogP contribution in [0.15, 0.2) is 70.9 Å². The van der Waals surface area contributed by atoms with Crippen LogP contribution in [0.1, 0.15) is 27.7 Å². The molecule has 1 N–H and O–H groups in total. The first-order valence-electron chi connectivity index (χ1n) is 10.5. The molecule has 1 atom stereocenters. The van der Waals surface area contributed by atoms with E-state index in [9.17, 15) is 4.79 Å². The van der Waals surface area contributed by atoms with Crippen molar-refractivity contribution in [2.45, 2.75) is 25.5 Å². The van der Waals surface area contributed by atoms with Crippen molar-refractivity contribution in [2.24, 2.45) is 0 Å². The number of oxazole rings is 1. The van der Waals surface area contributed by atoms with Crippen LogP contribution in [-0.4, -0.2) is 40.4 Å². The third-order valence-corrected chi connectivity index (χ3v) is 5.35. The Hall–Kier alpha value is -3.58. The monoisotopic (exact) mass is 464 g/mol. The average Bonchev–Trinajstić information content (AvgIpc) is 3.17. The number of alkyl halides is 1. The molecule has 1 unspecified atom stereocenters. The number of aromatic nitrogens is 2. The first-order chi connectivity index (χ1) is 15.9. The smallest absolute Gasteiger partial charge is 0.254 e. The van der Waals surface area contributed by atoms with Crippen LogP contribution in [0.4, 0.5) is 0 Å². The maximum atomic E-state index is 12.0. The molecule has 1 amide bonds. The number of aryl methyl sites for hydroxylation is 1. The summed E-state index contributed by atoms with van der Waals surface area (Å²) in [4.78, 5) is 22.5. The van der Waals surface area contributed by atoms with E-state index in [4.69, 9.17) is 20.8 Å². The number of hydrogen-bond donors (Lipinski definition) is 1. The molecule has 4 rings (SSSR count). The van der Waals surface area contributed by atoms with E-state index < -0.39 is 0 Å². The van der Waals surface area contributed by atoms with Gasteiger partial charge >= 0.3 is 0 Å². The summed E-state index contributed by atoms with van der Waals surface area (Å²) in [5, 5.41) is 3.00. The van der Waals surface area contributed by atoms with Crippen LogP contribution in [0.3, 0.4) is 0 Å². The zero-order valence-corrected chi connectivity index (χ0v) is 19.5. The summed E-state index contributed by atoms with van der Waals surface area (Å²) in [5.74, 6) is 2.04. The summed E-state index contributed by atoms with van der Waals surface area (Å²) in [7, 11) is 3.42. The van der Waals surface area contributed by atoms with E-state index >= 15 is 0 Å². The van der Waals surface area contributed by atoms with E-state index in [0.717, 1.165) is 28.3 Å². The SMILES string of the molecule is Cc1oc(CC2=CC(Cl)NC=C2)nc1-c1ccc(OCc2ccc(C(=O)N(C)C)cn2)cc1. The minimum absolute atomic E-state index is 0.0796. The molecule has 0 saturated carbocycles. The fourth-order valence-electron chi connectivity index (χ4n) is 3.39. The molecule has 170 valence electrons. The fourth-order valence-corrected chi connectivity index (χ4v) is 3.62. The van der Waals surface area contributed by atoms with Gasteiger partial charge in [0.1, 0.15) is 29.3 Å². The highest BCUT2D eigenvalue weighted by Gasteiger charge is 2.14. The highest BCUT2D eigenvalue weighted by molar-refractivity contribution is 6.21. The van der Waals surface area contributed by atoms with Crippen molar-refractivity contribution >= 4 is 17.5 Å². The lowest BCUT2D eigenvalue weighted by atomic mass is 10.1. The van der Waals surface area contributed by atoms with Crippen LogP contribution in [0, 0.1) is 6.92 Å². The van der Waals surface area contributed by atoms with Gasteiger partial charge in [0.15, 0.2) is 5.89 Å². The van der Waals surface area contributed by atoms with Crippen molar-refractivity contribution in [2.75, 3.05) is 14.1 Å². The topological polar surface area (TPSA) is 80.5 Å². The van der Waals surface area contributed by atoms with Gasteiger partial charge in [-0.1, -0.05) is 11.6 Å². The van der Waals surface area contributed by atoms with E-state index in [1.807, 2.05) is 49.5 Å². The van der Waals surface area contributed by atoms with Gasteiger partial charge in [-0.3, -0.25) is 9.78 Å². The second-order valence-electron chi connectivity index (χ2n) is 7.88. The van der Waals surface area contributed by atoms with Crippen LogP contribution in [-0.2, 0) is 13.0 Å². The predicted molar refractivity (Wildman–Crippen MR) is 127 cm³/mol. The Kier molecular flexibility index (Phi) is 6.79. The van der Waals surface area contributed by atoms with Gasteiger partial charge in [-0.2, -0.15) is 0 Å². The number of dihydropyridines is 1. The Morgan fingerprint density at radius 2 is 2.00 bits per heavy atom. The molecule has 8 heteroatoms. The second kappa shape index (κ2) is 9.92. The van der Waals surface area contributed by atoms with Crippen LogP contribution < -0.4 is 10.1 Å². The Balaban J connectivity index is 1.38. The lowest BCUT2D eigenvalue weighted by Gasteiger charge is -2.11. The van der Waals surface area contributed by atoms with Gasteiger partial charge in [0.2, 0.25) is 0 Å². The number of allylic oxidation sites excluding steroid dienone is 2. The van der Waals surface area contributed by atoms with Crippen LogP contribution >= 0.6 is 11.6 Å². The molecule has 2 aromatic heterocycles. The summed E-state index contributed by atoms with van der Waals surface area (Å²) in [5.41, 5.74) is 3.88. The number of halogens is 1. The number of nitrogens with one attached hydrogen (secondary N) is 1. The number of amides is 1. The molecule has 1 aliphatic heterocycles. The Morgan fingerprint density at radius 1 is 1.21 bits per heavy atom. The molecule has 3 heterocycles. The zero-order valence-electron chi connectivity index (χ0n) is 18.7. The van der Waals surface area contributed by atoms with Crippen molar-refractivity contribution in [3.63, 3.8) is 0 Å². The molecule has 0 spiro atoms. The number of hydrogen-bond acceptors (Lipinski definition) is 6. The van der Waals surface area contributed by atoms with Gasteiger partial charge in [0.05, 0.1) is 11.3 Å². The van der Waals surface area contributed by atoms with E-state index in [-0.39, 0.29) is 11.4 Å². The highest BCUT2D eigenvalue weighted by Crippen LogP contribution is 2.27. The van der Waals surface area contributed by atoms with E-state index in [2.05, 4.69) is 15.3 Å². The van der Waals surface area contributed by atoms with Crippen LogP contribution in [0.25, 0.3) is 11.3 Å². The van der Waals surface area contributed by atoms with Crippen LogP contribution in [0.5, 0.6) is 5.75 Å². The van der Waals surface area contributed by atoms with E-state index in [1.54, 1.807) is 32.4 Å². The van der Waals surface area contributed by atoms with Crippen molar-refractivity contribution in [1.82, 2.24) is 20.2 Å². The minimum atomic E-state index is -0.221. The van der Waals surface area contributed by atoms with Gasteiger partial charge < -0.3 is 19.4 Å². The third-order valence-electron chi connectivity index (χ3n) is 5.10. The third kappa shape index (κ3) is 5.62. The number of carbonyl (C=O) groups is 1. The van der Waals surface area contributed by atoms with Gasteiger partial charge in [0, 0.05) is 32.3 Å². The second-order valence-corrected chi connectivity index (χ2v) is 8.35. The van der Waals surface area contributed by atoms with Crippen molar-refractivity contribution in [3.8, 4) is 17.0 Å². The largest absolute Gasteiger partial charge is 0.487 e. The molecular formula is C25H25ClN4O3. The summed E-state index contributed by atoms with van der Waals surface area (Å²) < 4.78 is 11.7. The lowest BCUT2D eigenvalue weighted by Crippen LogP contribution is -2.21. The zero-order chi connectivity index (χ0) is 23.4. The van der Waals surface area contributed by atoms with Gasteiger partial charge in [-0.25, -0.2) is 4.98 Å². The summed E-state index contributed by atoms with van der Waals surface area (Å²) in [6.45, 7) is 2.21. The molecule has 33 heavy (non-hydrogen) atoms. The Labute approximate surface area is 197 Å². The molecule has 1 aromatic carbocycles. The number of benzene rings is 1. The fraction of sp³-hybridized carbons (Fsp3) is 0.240. The Morgan fingerprint density at radius 3 is 2.67 bits per heavy atom. The molecular weight excluding hydrogens is 440 g/mol. The predicted octanol–water partition coefficient (Wildman–Crippen LogP) is 4.48. The first kappa shape index (κ1) is 22.6. The van der Waals surface area contributed by atoms with Crippen LogP contribution in [0.2, 0.25) is 0 Å². The summed E-state index contributed by atoms with van der Waals surface area (Å²) in [6.07, 6.45) is 7.88. The minimum Gasteiger partial charge on any atom is -0.487 e. The van der Waals surface area contributed by atoms with Gasteiger partial charge in [-0.05, 0) is 67.2 Å². The molecule has 0 bridgehead atoms. The first-order valence-corrected chi connectivity index (χ1v) is 11.0. The number of nitrogens with zero attached hydrogens (tertiary/aromatic N) is 3. The number of ether oxygens (including phenoxy) is 1. The molecule has 0 radical (unpaired) electrons. The number of pyridine rings is 1. The molecule has 0 saturated heterocycles. The normalized spacial score (nSPS) is 15.0. The highest BCUT2D eigenvalue weighted by atomic mass is 35.5. The molecule has 7 nitrogen and oxygen atoms in total. The quantitative estimate of drug-likeness (QED) is 0.410. The molecule has 3 aromatic rings. The summed E-state index contributed by atoms with van der Waals surface area (Å²) >= 11 is 6.10. The maximum absolute atomic E-state index is 12.0. The maximum Gasteiger partial charge on any atom is 0.254 e. The van der Waals surface area contributed by atoms with Crippen molar-refractivity contribution < 1.29 is 13.9 Å². The van der Waals surface area contributed by atoms with Crippen molar-refractivity contribution in [3.05, 3.63) is 89.4 Å². The van der Waals surface area contributed by atoms with Gasteiger partial charge in [-0.15, -0.1) is 0 Å². The summed E-state index contributed by atoms with van der Waals surface area (Å²) in [6, 6.07) is 11.2. The van der Waals surface area contributed by atoms with E-state index in [1.165, 1.54) is 4.90 Å². The van der Waals surface area contributed by atoms with Crippen molar-refractivity contribution in [1.29, 1.82) is 0 Å². The lowest BCUT2D eigenvalue weighted by molar-refractivity contribution is 0.0827. The molecule has 0 aliphatic carbocycles. The number of carbonyl (C=O) groups excluding carboxylic acids is 1. The number of rotatable bonds is 7. The van der Waals surface area contributed by atoms with E-state index in [0.29, 0.717) is 30.2 Å². The Bertz CT molecular complexity index is 1180. The average molecular weight is 465 g/mol.